The molecule has 140 valence electrons. The maximum absolute atomic E-state index is 12.5. The molecule has 0 saturated carbocycles. The summed E-state index contributed by atoms with van der Waals surface area (Å²) >= 11 is 0. The van der Waals surface area contributed by atoms with Crippen LogP contribution in [0, 0.1) is 11.3 Å². The molecular formula is C21H18N4O3. The summed E-state index contributed by atoms with van der Waals surface area (Å²) in [7, 11) is 1.60. The van der Waals surface area contributed by atoms with Gasteiger partial charge < -0.3 is 9.47 Å². The molecule has 1 aromatic heterocycles. The number of methoxy groups -OCH3 is 1. The van der Waals surface area contributed by atoms with E-state index < -0.39 is 0 Å². The minimum Gasteiger partial charge on any atom is -0.496 e. The smallest absolute Gasteiger partial charge is 0.265 e. The fourth-order valence-corrected chi connectivity index (χ4v) is 3.47. The van der Waals surface area contributed by atoms with Crippen molar-refractivity contribution < 1.29 is 14.3 Å². The van der Waals surface area contributed by atoms with Gasteiger partial charge in [-0.15, -0.1) is 0 Å². The van der Waals surface area contributed by atoms with Crippen LogP contribution in [0.4, 0.5) is 5.69 Å². The van der Waals surface area contributed by atoms with Crippen LogP contribution < -0.4 is 14.4 Å². The summed E-state index contributed by atoms with van der Waals surface area (Å²) in [5.74, 6) is 1.10. The van der Waals surface area contributed by atoms with Crippen molar-refractivity contribution in [1.29, 1.82) is 5.26 Å². The van der Waals surface area contributed by atoms with Gasteiger partial charge in [-0.1, -0.05) is 0 Å². The molecule has 1 aromatic carbocycles. The molecule has 7 heteroatoms. The van der Waals surface area contributed by atoms with Gasteiger partial charge in [0.15, 0.2) is 6.61 Å². The molecule has 2 aromatic rings. The summed E-state index contributed by atoms with van der Waals surface area (Å²) in [6.45, 7) is 4.15. The lowest BCUT2D eigenvalue weighted by molar-refractivity contribution is -0.121. The quantitative estimate of drug-likeness (QED) is 0.821. The molecule has 1 amide bonds. The number of carbonyl (C=O) groups is 1. The average Bonchev–Trinajstić information content (AvgIpc) is 2.70. The van der Waals surface area contributed by atoms with Crippen molar-refractivity contribution in [2.45, 2.75) is 20.4 Å². The van der Waals surface area contributed by atoms with Gasteiger partial charge in [0.05, 0.1) is 30.6 Å². The third-order valence-electron chi connectivity index (χ3n) is 4.83. The van der Waals surface area contributed by atoms with Gasteiger partial charge in [-0.25, -0.2) is 0 Å². The van der Waals surface area contributed by atoms with E-state index in [0.717, 1.165) is 22.5 Å². The topological polar surface area (TPSA) is 87.8 Å². The SMILES string of the molecule is COc1cc2c(cc1C1=C(C)N=C1C)OCC(=O)N2Cc1ccc(C#N)cn1. The number of rotatable bonds is 4. The third kappa shape index (κ3) is 2.89. The maximum atomic E-state index is 12.5. The van der Waals surface area contributed by atoms with Crippen LogP contribution in [-0.4, -0.2) is 30.3 Å². The summed E-state index contributed by atoms with van der Waals surface area (Å²) < 4.78 is 11.3. The largest absolute Gasteiger partial charge is 0.496 e. The standard InChI is InChI=1S/C21H18N4O3/c1-12-21(13(2)24-12)16-6-19-17(7-18(16)27-3)25(20(26)11-28-19)10-15-5-4-14(8-22)9-23-15/h4-7,9H,10-11H2,1-3H3. The lowest BCUT2D eigenvalue weighted by Crippen LogP contribution is -2.38. The number of benzene rings is 1. The van der Waals surface area contributed by atoms with Crippen molar-refractivity contribution in [2.24, 2.45) is 4.99 Å². The molecule has 0 bridgehead atoms. The first-order valence-electron chi connectivity index (χ1n) is 8.79. The Labute approximate surface area is 162 Å². The number of ether oxygens (including phenoxy) is 2. The molecule has 0 saturated heterocycles. The second-order valence-electron chi connectivity index (χ2n) is 6.60. The van der Waals surface area contributed by atoms with E-state index in [1.54, 1.807) is 24.1 Å². The molecule has 0 spiro atoms. The zero-order valence-electron chi connectivity index (χ0n) is 15.8. The van der Waals surface area contributed by atoms with E-state index in [4.69, 9.17) is 14.7 Å². The highest BCUT2D eigenvalue weighted by molar-refractivity contribution is 6.29. The molecule has 0 aliphatic carbocycles. The second-order valence-corrected chi connectivity index (χ2v) is 6.60. The Morgan fingerprint density at radius 2 is 2.14 bits per heavy atom. The highest BCUT2D eigenvalue weighted by Crippen LogP contribution is 2.43. The van der Waals surface area contributed by atoms with E-state index in [0.29, 0.717) is 28.4 Å². The Morgan fingerprint density at radius 1 is 1.32 bits per heavy atom. The van der Waals surface area contributed by atoms with Crippen LogP contribution in [0.15, 0.2) is 41.2 Å². The highest BCUT2D eigenvalue weighted by atomic mass is 16.5. The lowest BCUT2D eigenvalue weighted by atomic mass is 9.94. The van der Waals surface area contributed by atoms with Crippen molar-refractivity contribution in [3.8, 4) is 17.6 Å². The normalized spacial score (nSPS) is 15.3. The summed E-state index contributed by atoms with van der Waals surface area (Å²) in [5.41, 5.74) is 5.63. The Kier molecular flexibility index (Phi) is 4.32. The number of fused-ring (bicyclic) bond motifs is 1. The highest BCUT2D eigenvalue weighted by Gasteiger charge is 2.30. The number of pyridine rings is 1. The van der Waals surface area contributed by atoms with Crippen LogP contribution in [0.25, 0.3) is 5.57 Å². The molecule has 0 radical (unpaired) electrons. The summed E-state index contributed by atoms with van der Waals surface area (Å²) in [5, 5.41) is 8.92. The summed E-state index contributed by atoms with van der Waals surface area (Å²) in [6.07, 6.45) is 1.50. The number of hydrogen-bond acceptors (Lipinski definition) is 6. The second kappa shape index (κ2) is 6.82. The maximum Gasteiger partial charge on any atom is 0.265 e. The Hall–Kier alpha value is -3.66. The number of carbonyl (C=O) groups excluding carboxylic acids is 1. The number of amides is 1. The number of nitriles is 1. The van der Waals surface area contributed by atoms with Crippen molar-refractivity contribution in [1.82, 2.24) is 4.98 Å². The van der Waals surface area contributed by atoms with Crippen LogP contribution in [0.5, 0.6) is 11.5 Å². The van der Waals surface area contributed by atoms with Crippen molar-refractivity contribution in [3.05, 3.63) is 53.0 Å². The van der Waals surface area contributed by atoms with E-state index in [9.17, 15) is 4.79 Å². The zero-order chi connectivity index (χ0) is 19.8. The first-order valence-corrected chi connectivity index (χ1v) is 8.79. The number of aromatic nitrogens is 1. The average molecular weight is 374 g/mol. The first-order chi connectivity index (χ1) is 13.5. The lowest BCUT2D eigenvalue weighted by Gasteiger charge is -2.31. The van der Waals surface area contributed by atoms with Crippen LogP contribution in [-0.2, 0) is 11.3 Å². The molecular weight excluding hydrogens is 356 g/mol. The van der Waals surface area contributed by atoms with Crippen LogP contribution in [0.2, 0.25) is 0 Å². The fraction of sp³-hybridized carbons (Fsp3) is 0.238. The van der Waals surface area contributed by atoms with Gasteiger partial charge in [0, 0.05) is 34.8 Å². The van der Waals surface area contributed by atoms with E-state index in [1.807, 2.05) is 32.0 Å². The van der Waals surface area contributed by atoms with Crippen LogP contribution >= 0.6 is 0 Å². The van der Waals surface area contributed by atoms with Gasteiger partial charge in [0.1, 0.15) is 17.6 Å². The fourth-order valence-electron chi connectivity index (χ4n) is 3.47. The molecule has 0 fully saturated rings. The third-order valence-corrected chi connectivity index (χ3v) is 4.83. The Balaban J connectivity index is 1.73. The number of hydrogen-bond donors (Lipinski definition) is 0. The number of nitrogens with zero attached hydrogens (tertiary/aromatic N) is 4. The summed E-state index contributed by atoms with van der Waals surface area (Å²) in [4.78, 5) is 22.8. The number of aliphatic imine (C=N–C) groups is 1. The van der Waals surface area contributed by atoms with Gasteiger partial charge in [0.2, 0.25) is 0 Å². The minimum atomic E-state index is -0.162. The van der Waals surface area contributed by atoms with Gasteiger partial charge >= 0.3 is 0 Å². The van der Waals surface area contributed by atoms with Crippen molar-refractivity contribution in [2.75, 3.05) is 18.6 Å². The molecule has 0 unspecified atom stereocenters. The predicted molar refractivity (Wildman–Crippen MR) is 104 cm³/mol. The Morgan fingerprint density at radius 3 is 2.75 bits per heavy atom. The number of anilines is 1. The molecule has 7 nitrogen and oxygen atoms in total. The van der Waals surface area contributed by atoms with E-state index in [2.05, 4.69) is 9.98 Å². The van der Waals surface area contributed by atoms with E-state index in [1.165, 1.54) is 6.20 Å². The zero-order valence-corrected chi connectivity index (χ0v) is 15.8. The van der Waals surface area contributed by atoms with Crippen molar-refractivity contribution in [3.63, 3.8) is 0 Å². The van der Waals surface area contributed by atoms with E-state index in [-0.39, 0.29) is 19.1 Å². The van der Waals surface area contributed by atoms with Crippen LogP contribution in [0.3, 0.4) is 0 Å². The molecule has 0 atom stereocenters. The van der Waals surface area contributed by atoms with Gasteiger partial charge in [0.25, 0.3) is 5.91 Å². The summed E-state index contributed by atoms with van der Waals surface area (Å²) in [6, 6.07) is 9.19. The predicted octanol–water partition coefficient (Wildman–Crippen LogP) is 3.09. The van der Waals surface area contributed by atoms with Gasteiger partial charge in [-0.05, 0) is 32.0 Å². The molecule has 2 aliphatic rings. The molecule has 3 heterocycles. The first kappa shape index (κ1) is 17.7. The molecule has 28 heavy (non-hydrogen) atoms. The van der Waals surface area contributed by atoms with Gasteiger partial charge in [-0.3, -0.25) is 19.7 Å². The number of allylic oxidation sites excluding steroid dienone is 2. The van der Waals surface area contributed by atoms with Gasteiger partial charge in [-0.2, -0.15) is 5.26 Å². The molecule has 0 N–H and O–H groups in total. The van der Waals surface area contributed by atoms with Crippen molar-refractivity contribution >= 4 is 22.9 Å². The molecule has 2 aliphatic heterocycles. The van der Waals surface area contributed by atoms with Crippen LogP contribution in [0.1, 0.15) is 30.7 Å². The Bertz CT molecular complexity index is 1080. The monoisotopic (exact) mass is 374 g/mol. The minimum absolute atomic E-state index is 0.0415. The molecule has 4 rings (SSSR count). The van der Waals surface area contributed by atoms with E-state index >= 15 is 0 Å².